The molecule has 2 N–H and O–H groups in total. The van der Waals surface area contributed by atoms with E-state index in [4.69, 9.17) is 5.73 Å². The Bertz CT molecular complexity index is 426. The van der Waals surface area contributed by atoms with Gasteiger partial charge in [0.25, 0.3) is 0 Å². The summed E-state index contributed by atoms with van der Waals surface area (Å²) in [5.41, 5.74) is 7.60. The van der Waals surface area contributed by atoms with Crippen LogP contribution in [0.1, 0.15) is 50.6 Å². The van der Waals surface area contributed by atoms with E-state index in [0.717, 1.165) is 12.0 Å². The van der Waals surface area contributed by atoms with Crippen molar-refractivity contribution in [2.75, 3.05) is 6.54 Å². The molecule has 4 heteroatoms. The fourth-order valence-corrected chi connectivity index (χ4v) is 4.23. The summed E-state index contributed by atoms with van der Waals surface area (Å²) in [7, 11) is 1.98. The van der Waals surface area contributed by atoms with Crippen molar-refractivity contribution in [2.45, 2.75) is 57.2 Å². The maximum atomic E-state index is 6.31. The van der Waals surface area contributed by atoms with Gasteiger partial charge in [0.2, 0.25) is 0 Å². The number of piperidine rings is 1. The SMILES string of the molecule is CC(N)C(c1cnn(C)c1)N1CCCC2CCCC21. The van der Waals surface area contributed by atoms with E-state index in [2.05, 4.69) is 23.1 Å². The molecule has 0 spiro atoms. The van der Waals surface area contributed by atoms with E-state index >= 15 is 0 Å². The quantitative estimate of drug-likeness (QED) is 0.907. The van der Waals surface area contributed by atoms with Gasteiger partial charge in [-0.25, -0.2) is 0 Å². The van der Waals surface area contributed by atoms with Gasteiger partial charge in [-0.2, -0.15) is 5.10 Å². The number of likely N-dealkylation sites (tertiary alicyclic amines) is 1. The molecule has 0 amide bonds. The highest BCUT2D eigenvalue weighted by Gasteiger charge is 2.39. The fourth-order valence-electron chi connectivity index (χ4n) is 4.23. The van der Waals surface area contributed by atoms with Crippen LogP contribution in [0.15, 0.2) is 12.4 Å². The molecule has 1 saturated heterocycles. The second kappa shape index (κ2) is 5.25. The van der Waals surface area contributed by atoms with Gasteiger partial charge < -0.3 is 5.73 Å². The minimum absolute atomic E-state index is 0.156. The van der Waals surface area contributed by atoms with Crippen LogP contribution in [0.25, 0.3) is 0 Å². The van der Waals surface area contributed by atoms with Gasteiger partial charge in [0.05, 0.1) is 12.2 Å². The summed E-state index contributed by atoms with van der Waals surface area (Å²) in [6.07, 6.45) is 11.0. The molecule has 1 aliphatic heterocycles. The van der Waals surface area contributed by atoms with Gasteiger partial charge in [0.1, 0.15) is 0 Å². The van der Waals surface area contributed by atoms with Crippen LogP contribution >= 0.6 is 0 Å². The Labute approximate surface area is 116 Å². The van der Waals surface area contributed by atoms with Crippen LogP contribution in [-0.2, 0) is 7.05 Å². The molecule has 0 aromatic carbocycles. The number of nitrogens with zero attached hydrogens (tertiary/aromatic N) is 3. The minimum Gasteiger partial charge on any atom is -0.326 e. The predicted octanol–water partition coefficient (Wildman–Crippen LogP) is 2.07. The standard InChI is InChI=1S/C15H26N4/c1-11(16)15(13-9-17-18(2)10-13)19-8-4-6-12-5-3-7-14(12)19/h9-12,14-15H,3-8,16H2,1-2H3. The third-order valence-electron chi connectivity index (χ3n) is 4.96. The van der Waals surface area contributed by atoms with Crippen LogP contribution in [0, 0.1) is 5.92 Å². The van der Waals surface area contributed by atoms with Crippen LogP contribution in [-0.4, -0.2) is 33.3 Å². The van der Waals surface area contributed by atoms with Gasteiger partial charge in [0.15, 0.2) is 0 Å². The number of aryl methyl sites for hydroxylation is 1. The van der Waals surface area contributed by atoms with E-state index in [1.54, 1.807) is 0 Å². The van der Waals surface area contributed by atoms with Crippen molar-refractivity contribution >= 4 is 0 Å². The van der Waals surface area contributed by atoms with Crippen molar-refractivity contribution in [1.29, 1.82) is 0 Å². The maximum Gasteiger partial charge on any atom is 0.0538 e. The molecule has 1 aliphatic carbocycles. The van der Waals surface area contributed by atoms with Crippen molar-refractivity contribution in [3.05, 3.63) is 18.0 Å². The molecule has 2 fully saturated rings. The second-order valence-corrected chi connectivity index (χ2v) is 6.39. The Morgan fingerprint density at radius 2 is 2.11 bits per heavy atom. The van der Waals surface area contributed by atoms with E-state index < -0.39 is 0 Å². The molecule has 1 aromatic heterocycles. The van der Waals surface area contributed by atoms with E-state index in [9.17, 15) is 0 Å². The smallest absolute Gasteiger partial charge is 0.0538 e. The summed E-state index contributed by atoms with van der Waals surface area (Å²) in [4.78, 5) is 2.68. The van der Waals surface area contributed by atoms with Gasteiger partial charge >= 0.3 is 0 Å². The molecule has 4 nitrogen and oxygen atoms in total. The molecule has 0 bridgehead atoms. The first kappa shape index (κ1) is 13.1. The number of aromatic nitrogens is 2. The fraction of sp³-hybridized carbons (Fsp3) is 0.800. The Hall–Kier alpha value is -0.870. The van der Waals surface area contributed by atoms with Gasteiger partial charge in [-0.1, -0.05) is 6.42 Å². The van der Waals surface area contributed by atoms with Crippen molar-refractivity contribution in [2.24, 2.45) is 18.7 Å². The zero-order chi connectivity index (χ0) is 13.4. The van der Waals surface area contributed by atoms with Crippen molar-refractivity contribution in [3.8, 4) is 0 Å². The van der Waals surface area contributed by atoms with E-state index in [1.807, 2.05) is 17.9 Å². The molecule has 2 aliphatic rings. The monoisotopic (exact) mass is 262 g/mol. The average molecular weight is 262 g/mol. The van der Waals surface area contributed by atoms with Gasteiger partial charge in [0, 0.05) is 30.9 Å². The van der Waals surface area contributed by atoms with Crippen molar-refractivity contribution in [1.82, 2.24) is 14.7 Å². The number of fused-ring (bicyclic) bond motifs is 1. The topological polar surface area (TPSA) is 47.1 Å². The summed E-state index contributed by atoms with van der Waals surface area (Å²) >= 11 is 0. The molecule has 2 heterocycles. The molecule has 1 saturated carbocycles. The number of hydrogen-bond donors (Lipinski definition) is 1. The summed E-state index contributed by atoms with van der Waals surface area (Å²) in [6, 6.07) is 1.24. The third kappa shape index (κ3) is 2.43. The Morgan fingerprint density at radius 3 is 2.79 bits per heavy atom. The molecule has 4 unspecified atom stereocenters. The number of rotatable bonds is 3. The molecular weight excluding hydrogens is 236 g/mol. The van der Waals surface area contributed by atoms with Gasteiger partial charge in [-0.3, -0.25) is 9.58 Å². The summed E-state index contributed by atoms with van der Waals surface area (Å²) < 4.78 is 1.89. The largest absolute Gasteiger partial charge is 0.326 e. The minimum atomic E-state index is 0.156. The van der Waals surface area contributed by atoms with Crippen LogP contribution in [0.5, 0.6) is 0 Å². The highest BCUT2D eigenvalue weighted by molar-refractivity contribution is 5.14. The summed E-state index contributed by atoms with van der Waals surface area (Å²) in [5, 5.41) is 4.33. The molecule has 0 radical (unpaired) electrons. The molecular formula is C15H26N4. The van der Waals surface area contributed by atoms with Crippen LogP contribution in [0.4, 0.5) is 0 Å². The predicted molar refractivity (Wildman–Crippen MR) is 76.7 cm³/mol. The third-order valence-corrected chi connectivity index (χ3v) is 4.96. The Morgan fingerprint density at radius 1 is 1.32 bits per heavy atom. The van der Waals surface area contributed by atoms with Crippen molar-refractivity contribution in [3.63, 3.8) is 0 Å². The van der Waals surface area contributed by atoms with E-state index in [1.165, 1.54) is 44.2 Å². The van der Waals surface area contributed by atoms with Crippen molar-refractivity contribution < 1.29 is 0 Å². The lowest BCUT2D eigenvalue weighted by molar-refractivity contribution is 0.0571. The number of hydrogen-bond acceptors (Lipinski definition) is 3. The first-order valence-electron chi connectivity index (χ1n) is 7.66. The average Bonchev–Trinajstić information content (AvgIpc) is 2.98. The van der Waals surface area contributed by atoms with Crippen LogP contribution < -0.4 is 5.73 Å². The highest BCUT2D eigenvalue weighted by Crippen LogP contribution is 2.41. The summed E-state index contributed by atoms with van der Waals surface area (Å²) in [5.74, 6) is 0.909. The molecule has 106 valence electrons. The van der Waals surface area contributed by atoms with Crippen LogP contribution in [0.3, 0.4) is 0 Å². The second-order valence-electron chi connectivity index (χ2n) is 6.39. The zero-order valence-electron chi connectivity index (χ0n) is 12.1. The Kier molecular flexibility index (Phi) is 3.63. The van der Waals surface area contributed by atoms with E-state index in [-0.39, 0.29) is 6.04 Å². The molecule has 19 heavy (non-hydrogen) atoms. The molecule has 3 rings (SSSR count). The first-order valence-corrected chi connectivity index (χ1v) is 7.66. The maximum absolute atomic E-state index is 6.31. The normalized spacial score (nSPS) is 31.1. The lowest BCUT2D eigenvalue weighted by Crippen LogP contribution is -2.49. The molecule has 4 atom stereocenters. The lowest BCUT2D eigenvalue weighted by atomic mass is 9.88. The lowest BCUT2D eigenvalue weighted by Gasteiger charge is -2.44. The van der Waals surface area contributed by atoms with Crippen LogP contribution in [0.2, 0.25) is 0 Å². The summed E-state index contributed by atoms with van der Waals surface area (Å²) in [6.45, 7) is 3.33. The number of nitrogens with two attached hydrogens (primary N) is 1. The highest BCUT2D eigenvalue weighted by atomic mass is 15.3. The zero-order valence-corrected chi connectivity index (χ0v) is 12.1. The molecule has 1 aromatic rings. The van der Waals surface area contributed by atoms with Gasteiger partial charge in [-0.15, -0.1) is 0 Å². The first-order chi connectivity index (χ1) is 9.16. The Balaban J connectivity index is 1.87. The van der Waals surface area contributed by atoms with Gasteiger partial charge in [-0.05, 0) is 45.1 Å². The van der Waals surface area contributed by atoms with E-state index in [0.29, 0.717) is 6.04 Å².